The van der Waals surface area contributed by atoms with Crippen LogP contribution < -0.4 is 15.5 Å². The number of benzene rings is 3. The Kier molecular flexibility index (Phi) is 8.34. The van der Waals surface area contributed by atoms with Gasteiger partial charge in [-0.3, -0.25) is 9.59 Å². The summed E-state index contributed by atoms with van der Waals surface area (Å²) in [6, 6.07) is 13.2. The van der Waals surface area contributed by atoms with E-state index in [0.29, 0.717) is 11.3 Å². The molecular formula is C25H19ClF3N3O4. The molecule has 0 aliphatic rings. The first kappa shape index (κ1) is 26.3. The van der Waals surface area contributed by atoms with Gasteiger partial charge in [-0.2, -0.15) is 18.3 Å². The molecule has 0 saturated heterocycles. The minimum absolute atomic E-state index is 0.0265. The first-order valence-corrected chi connectivity index (χ1v) is 10.6. The van der Waals surface area contributed by atoms with Gasteiger partial charge in [0.05, 0.1) is 29.6 Å². The van der Waals surface area contributed by atoms with Gasteiger partial charge < -0.3 is 15.2 Å². The molecule has 0 fully saturated rings. The normalized spacial score (nSPS) is 11.6. The van der Waals surface area contributed by atoms with Crippen LogP contribution in [0.3, 0.4) is 0 Å². The summed E-state index contributed by atoms with van der Waals surface area (Å²) in [6.07, 6.45) is -0.758. The Morgan fingerprint density at radius 2 is 1.83 bits per heavy atom. The summed E-state index contributed by atoms with van der Waals surface area (Å²) < 4.78 is 43.8. The molecule has 3 aromatic rings. The summed E-state index contributed by atoms with van der Waals surface area (Å²) in [5.41, 5.74) is 2.78. The summed E-state index contributed by atoms with van der Waals surface area (Å²) in [7, 11) is 1.39. The Labute approximate surface area is 208 Å². The summed E-state index contributed by atoms with van der Waals surface area (Å²) in [5, 5.41) is 15.9. The van der Waals surface area contributed by atoms with Gasteiger partial charge >= 0.3 is 6.18 Å². The second-order valence-corrected chi connectivity index (χ2v) is 7.68. The van der Waals surface area contributed by atoms with Crippen LogP contribution in [0.25, 0.3) is 6.08 Å². The molecule has 0 aliphatic carbocycles. The Hall–Kier alpha value is -4.31. The number of hydrogen-bond donors (Lipinski definition) is 3. The molecule has 3 rings (SSSR count). The lowest BCUT2D eigenvalue weighted by Crippen LogP contribution is -2.17. The molecule has 0 spiro atoms. The minimum Gasteiger partial charge on any atom is -0.506 e. The molecule has 0 bridgehead atoms. The molecule has 2 amide bonds. The second-order valence-electron chi connectivity index (χ2n) is 7.27. The maximum Gasteiger partial charge on any atom is 0.416 e. The number of nitrogens with one attached hydrogen (secondary N) is 2. The van der Waals surface area contributed by atoms with E-state index < -0.39 is 23.6 Å². The lowest BCUT2D eigenvalue weighted by molar-refractivity contribution is -0.137. The predicted octanol–water partition coefficient (Wildman–Crippen LogP) is 5.49. The van der Waals surface area contributed by atoms with Gasteiger partial charge in [0.2, 0.25) is 5.91 Å². The number of rotatable bonds is 7. The second kappa shape index (κ2) is 11.4. The Morgan fingerprint density at radius 3 is 2.53 bits per heavy atom. The van der Waals surface area contributed by atoms with Gasteiger partial charge in [0.1, 0.15) is 11.5 Å². The zero-order valence-electron chi connectivity index (χ0n) is 18.6. The lowest BCUT2D eigenvalue weighted by Gasteiger charge is -2.10. The van der Waals surface area contributed by atoms with Gasteiger partial charge in [0.15, 0.2) is 0 Å². The highest BCUT2D eigenvalue weighted by molar-refractivity contribution is 6.32. The number of anilines is 1. The predicted molar refractivity (Wildman–Crippen MR) is 130 cm³/mol. The number of carbonyl (C=O) groups excluding carboxylic acids is 2. The third kappa shape index (κ3) is 7.09. The maximum atomic E-state index is 12.8. The average molecular weight is 518 g/mol. The van der Waals surface area contributed by atoms with Crippen LogP contribution in [0.15, 0.2) is 71.8 Å². The number of phenolic OH excluding ortho intramolecular Hbond substituents is 1. The number of nitrogens with zero attached hydrogens (tertiary/aromatic N) is 1. The third-order valence-corrected chi connectivity index (χ3v) is 5.02. The molecular weight excluding hydrogens is 499 g/mol. The highest BCUT2D eigenvalue weighted by Crippen LogP contribution is 2.30. The molecule has 7 nitrogen and oxygen atoms in total. The third-order valence-electron chi connectivity index (χ3n) is 4.71. The fourth-order valence-electron chi connectivity index (χ4n) is 2.93. The van der Waals surface area contributed by atoms with Crippen molar-refractivity contribution in [2.45, 2.75) is 6.18 Å². The number of carbonyl (C=O) groups is 2. The van der Waals surface area contributed by atoms with Crippen LogP contribution in [0.4, 0.5) is 18.9 Å². The molecule has 0 radical (unpaired) electrons. The van der Waals surface area contributed by atoms with E-state index in [2.05, 4.69) is 15.8 Å². The number of ether oxygens (including phenoxy) is 1. The molecule has 36 heavy (non-hydrogen) atoms. The fraction of sp³-hybridized carbons (Fsp3) is 0.0800. The zero-order chi connectivity index (χ0) is 26.3. The molecule has 3 aromatic carbocycles. The van der Waals surface area contributed by atoms with E-state index in [1.807, 2.05) is 0 Å². The summed E-state index contributed by atoms with van der Waals surface area (Å²) in [5.74, 6) is -0.984. The van der Waals surface area contributed by atoms with Crippen LogP contribution in [0.5, 0.6) is 11.5 Å². The fourth-order valence-corrected chi connectivity index (χ4v) is 3.12. The molecule has 0 unspecified atom stereocenters. The van der Waals surface area contributed by atoms with Crippen LogP contribution in [-0.4, -0.2) is 30.2 Å². The van der Waals surface area contributed by atoms with Crippen molar-refractivity contribution in [2.24, 2.45) is 5.10 Å². The molecule has 0 aromatic heterocycles. The number of phenols is 1. The van der Waals surface area contributed by atoms with Gasteiger partial charge in [0, 0.05) is 11.6 Å². The van der Waals surface area contributed by atoms with Crippen molar-refractivity contribution >= 4 is 41.4 Å². The first-order valence-electron chi connectivity index (χ1n) is 10.2. The van der Waals surface area contributed by atoms with Crippen molar-refractivity contribution in [1.82, 2.24) is 5.43 Å². The van der Waals surface area contributed by atoms with Gasteiger partial charge in [-0.1, -0.05) is 29.8 Å². The average Bonchev–Trinajstić information content (AvgIpc) is 2.84. The number of aromatic hydroxyl groups is 1. The SMILES string of the molecule is COc1cc(/C=N/NC(=O)c2ccc(O)c(Cl)c2)ccc1NC(=O)/C=C\c1cccc(C(F)(F)F)c1. The quantitative estimate of drug-likeness (QED) is 0.219. The van der Waals surface area contributed by atoms with Crippen LogP contribution in [-0.2, 0) is 11.0 Å². The van der Waals surface area contributed by atoms with E-state index in [1.165, 1.54) is 55.8 Å². The Morgan fingerprint density at radius 1 is 1.06 bits per heavy atom. The van der Waals surface area contributed by atoms with E-state index >= 15 is 0 Å². The number of hydrazone groups is 1. The smallest absolute Gasteiger partial charge is 0.416 e. The largest absolute Gasteiger partial charge is 0.506 e. The van der Waals surface area contributed by atoms with Crippen molar-refractivity contribution < 1.29 is 32.6 Å². The molecule has 11 heteroatoms. The van der Waals surface area contributed by atoms with Crippen molar-refractivity contribution in [2.75, 3.05) is 12.4 Å². The van der Waals surface area contributed by atoms with Crippen LogP contribution in [0.1, 0.15) is 27.0 Å². The molecule has 186 valence electrons. The number of methoxy groups -OCH3 is 1. The van der Waals surface area contributed by atoms with E-state index in [0.717, 1.165) is 18.2 Å². The summed E-state index contributed by atoms with van der Waals surface area (Å²) >= 11 is 5.79. The van der Waals surface area contributed by atoms with Crippen LogP contribution in [0, 0.1) is 0 Å². The number of alkyl halides is 3. The first-order chi connectivity index (χ1) is 17.1. The maximum absolute atomic E-state index is 12.8. The van der Waals surface area contributed by atoms with Crippen molar-refractivity contribution in [3.05, 3.63) is 94.0 Å². The van der Waals surface area contributed by atoms with Gasteiger partial charge in [-0.15, -0.1) is 0 Å². The van der Waals surface area contributed by atoms with E-state index in [-0.39, 0.29) is 27.6 Å². The van der Waals surface area contributed by atoms with E-state index in [9.17, 15) is 27.9 Å². The Balaban J connectivity index is 1.64. The van der Waals surface area contributed by atoms with Gasteiger partial charge in [-0.25, -0.2) is 5.43 Å². The number of halogens is 4. The Bertz CT molecular complexity index is 1340. The number of amides is 2. The van der Waals surface area contributed by atoms with E-state index in [1.54, 1.807) is 12.1 Å². The van der Waals surface area contributed by atoms with Crippen LogP contribution in [0.2, 0.25) is 5.02 Å². The zero-order valence-corrected chi connectivity index (χ0v) is 19.4. The van der Waals surface area contributed by atoms with Gasteiger partial charge in [0.25, 0.3) is 5.91 Å². The summed E-state index contributed by atoms with van der Waals surface area (Å²) in [6.45, 7) is 0. The van der Waals surface area contributed by atoms with Crippen molar-refractivity contribution in [3.63, 3.8) is 0 Å². The molecule has 3 N–H and O–H groups in total. The topological polar surface area (TPSA) is 100 Å². The lowest BCUT2D eigenvalue weighted by atomic mass is 10.1. The highest BCUT2D eigenvalue weighted by atomic mass is 35.5. The standard InChI is InChI=1S/C25H19ClF3N3O4/c1-36-22-12-16(14-30-32-24(35)17-7-9-21(33)19(26)13-17)5-8-20(22)31-23(34)10-6-15-3-2-4-18(11-15)25(27,28)29/h2-14,33H,1H3,(H,31,34)(H,32,35)/b10-6-,30-14+. The van der Waals surface area contributed by atoms with Crippen molar-refractivity contribution in [1.29, 1.82) is 0 Å². The molecule has 0 aliphatic heterocycles. The summed E-state index contributed by atoms with van der Waals surface area (Å²) in [4.78, 5) is 24.4. The highest BCUT2D eigenvalue weighted by Gasteiger charge is 2.30. The van der Waals surface area contributed by atoms with Crippen molar-refractivity contribution in [3.8, 4) is 11.5 Å². The molecule has 0 heterocycles. The van der Waals surface area contributed by atoms with Crippen LogP contribution >= 0.6 is 11.6 Å². The molecule has 0 atom stereocenters. The monoisotopic (exact) mass is 517 g/mol. The molecule has 0 saturated carbocycles. The number of hydrogen-bond acceptors (Lipinski definition) is 5. The van der Waals surface area contributed by atoms with E-state index in [4.69, 9.17) is 16.3 Å². The van der Waals surface area contributed by atoms with Gasteiger partial charge in [-0.05, 0) is 59.7 Å². The minimum atomic E-state index is -4.48.